The van der Waals surface area contributed by atoms with Crippen molar-refractivity contribution in [3.63, 3.8) is 0 Å². The summed E-state index contributed by atoms with van der Waals surface area (Å²) >= 11 is 1.54. The number of likely N-dealkylation sites (tertiary alicyclic amines) is 1. The highest BCUT2D eigenvalue weighted by Gasteiger charge is 2.17. The van der Waals surface area contributed by atoms with E-state index in [1.54, 1.807) is 0 Å². The number of nitrogens with one attached hydrogen (secondary N) is 1. The molecule has 28 heavy (non-hydrogen) atoms. The molecule has 5 heteroatoms. The molecule has 4 nitrogen and oxygen atoms in total. The number of nitrogens with zero attached hydrogens (tertiary/aromatic N) is 2. The molecular weight excluding hydrogens is 366 g/mol. The van der Waals surface area contributed by atoms with Crippen LogP contribution in [-0.4, -0.2) is 34.8 Å². The number of hydrogen-bond donors (Lipinski definition) is 1. The Morgan fingerprint density at radius 1 is 0.964 bits per heavy atom. The molecule has 0 aliphatic carbocycles. The zero-order valence-corrected chi connectivity index (χ0v) is 17.6. The van der Waals surface area contributed by atoms with Crippen LogP contribution in [0.4, 0.5) is 11.4 Å². The molecule has 0 atom stereocenters. The monoisotopic (exact) mass is 395 g/mol. The number of rotatable bonds is 4. The molecule has 1 amide bonds. The summed E-state index contributed by atoms with van der Waals surface area (Å²) in [5, 5.41) is 4.03. The number of carbonyl (C=O) groups excluding carboxylic acids is 1. The largest absolute Gasteiger partial charge is 0.351 e. The van der Waals surface area contributed by atoms with Gasteiger partial charge in [0.15, 0.2) is 5.17 Å². The summed E-state index contributed by atoms with van der Waals surface area (Å²) < 4.78 is 0. The van der Waals surface area contributed by atoms with Gasteiger partial charge in [0.25, 0.3) is 0 Å². The van der Waals surface area contributed by atoms with Crippen LogP contribution in [0.25, 0.3) is 0 Å². The highest BCUT2D eigenvalue weighted by atomic mass is 32.2. The standard InChI is InChI=1S/C23H29N3OS/c1-18-11-10-12-19(2)22(18)25-21(27)17-28-23(24-20-13-6-5-7-14-20)26-15-8-3-4-9-16-26/h5-7,10-14H,3-4,8-9,15-17H2,1-2H3,(H,25,27). The molecule has 1 N–H and O–H groups in total. The van der Waals surface area contributed by atoms with Crippen LogP contribution in [0, 0.1) is 13.8 Å². The van der Waals surface area contributed by atoms with E-state index in [-0.39, 0.29) is 5.91 Å². The summed E-state index contributed by atoms with van der Waals surface area (Å²) in [6.07, 6.45) is 4.91. The molecule has 2 aromatic carbocycles. The minimum atomic E-state index is 0.0120. The Bertz CT molecular complexity index is 792. The molecule has 0 unspecified atom stereocenters. The highest BCUT2D eigenvalue weighted by Crippen LogP contribution is 2.23. The Balaban J connectivity index is 1.70. The van der Waals surface area contributed by atoms with Crippen molar-refractivity contribution >= 4 is 34.2 Å². The first-order valence-electron chi connectivity index (χ1n) is 10.0. The van der Waals surface area contributed by atoms with Crippen molar-refractivity contribution in [1.29, 1.82) is 0 Å². The molecule has 0 radical (unpaired) electrons. The molecular formula is C23H29N3OS. The van der Waals surface area contributed by atoms with Crippen molar-refractivity contribution < 1.29 is 4.79 Å². The molecule has 0 bridgehead atoms. The van der Waals surface area contributed by atoms with E-state index in [0.29, 0.717) is 5.75 Å². The van der Waals surface area contributed by atoms with Crippen molar-refractivity contribution in [2.75, 3.05) is 24.2 Å². The van der Waals surface area contributed by atoms with Gasteiger partial charge in [-0.1, -0.05) is 61.0 Å². The van der Waals surface area contributed by atoms with Crippen LogP contribution in [0.15, 0.2) is 53.5 Å². The number of aliphatic imine (C=N–C) groups is 1. The quantitative estimate of drug-likeness (QED) is 0.546. The smallest absolute Gasteiger partial charge is 0.234 e. The lowest BCUT2D eigenvalue weighted by molar-refractivity contribution is -0.113. The summed E-state index contributed by atoms with van der Waals surface area (Å²) in [4.78, 5) is 19.8. The SMILES string of the molecule is Cc1cccc(C)c1NC(=O)CSC(=Nc1ccccc1)N1CCCCCC1. The predicted octanol–water partition coefficient (Wildman–Crippen LogP) is 5.54. The number of amidine groups is 1. The van der Waals surface area contributed by atoms with Gasteiger partial charge in [-0.3, -0.25) is 4.79 Å². The van der Waals surface area contributed by atoms with Crippen LogP contribution in [0.3, 0.4) is 0 Å². The number of para-hydroxylation sites is 2. The van der Waals surface area contributed by atoms with Crippen molar-refractivity contribution in [3.05, 3.63) is 59.7 Å². The van der Waals surface area contributed by atoms with Gasteiger partial charge in [0.1, 0.15) is 0 Å². The van der Waals surface area contributed by atoms with Crippen LogP contribution < -0.4 is 5.32 Å². The molecule has 1 fully saturated rings. The average molecular weight is 396 g/mol. The average Bonchev–Trinajstić information content (AvgIpc) is 2.98. The number of carbonyl (C=O) groups is 1. The molecule has 1 saturated heterocycles. The van der Waals surface area contributed by atoms with Gasteiger partial charge in [-0.2, -0.15) is 0 Å². The maximum absolute atomic E-state index is 12.6. The fourth-order valence-corrected chi connectivity index (χ4v) is 4.25. The van der Waals surface area contributed by atoms with Crippen molar-refractivity contribution in [1.82, 2.24) is 4.90 Å². The van der Waals surface area contributed by atoms with Crippen molar-refractivity contribution in [2.45, 2.75) is 39.5 Å². The summed E-state index contributed by atoms with van der Waals surface area (Å²) in [7, 11) is 0. The van der Waals surface area contributed by atoms with Crippen LogP contribution in [0.2, 0.25) is 0 Å². The lowest BCUT2D eigenvalue weighted by Crippen LogP contribution is -2.31. The Labute approximate surface area is 172 Å². The highest BCUT2D eigenvalue weighted by molar-refractivity contribution is 8.14. The van der Waals surface area contributed by atoms with Gasteiger partial charge in [-0.25, -0.2) is 4.99 Å². The van der Waals surface area contributed by atoms with Crippen LogP contribution in [0.1, 0.15) is 36.8 Å². The summed E-state index contributed by atoms with van der Waals surface area (Å²) in [6.45, 7) is 6.07. The first-order valence-corrected chi connectivity index (χ1v) is 11.0. The van der Waals surface area contributed by atoms with E-state index in [4.69, 9.17) is 4.99 Å². The molecule has 1 heterocycles. The molecule has 1 aliphatic heterocycles. The Hall–Kier alpha value is -2.27. The Morgan fingerprint density at radius 3 is 2.25 bits per heavy atom. The van der Waals surface area contributed by atoms with Gasteiger partial charge < -0.3 is 10.2 Å². The Morgan fingerprint density at radius 2 is 1.61 bits per heavy atom. The predicted molar refractivity (Wildman–Crippen MR) is 121 cm³/mol. The summed E-state index contributed by atoms with van der Waals surface area (Å²) in [5.74, 6) is 0.369. The Kier molecular flexibility index (Phi) is 7.54. The number of hydrogen-bond acceptors (Lipinski definition) is 3. The van der Waals surface area contributed by atoms with Crippen LogP contribution in [-0.2, 0) is 4.79 Å². The van der Waals surface area contributed by atoms with Gasteiger partial charge in [-0.15, -0.1) is 0 Å². The van der Waals surface area contributed by atoms with Gasteiger partial charge in [0.2, 0.25) is 5.91 Å². The lowest BCUT2D eigenvalue weighted by Gasteiger charge is -2.24. The second-order valence-electron chi connectivity index (χ2n) is 7.23. The molecule has 1 aliphatic rings. The van der Waals surface area contributed by atoms with Gasteiger partial charge in [0.05, 0.1) is 11.4 Å². The minimum Gasteiger partial charge on any atom is -0.351 e. The first kappa shape index (κ1) is 20.5. The third kappa shape index (κ3) is 5.86. The van der Waals surface area contributed by atoms with Crippen LogP contribution in [0.5, 0.6) is 0 Å². The van der Waals surface area contributed by atoms with E-state index in [2.05, 4.69) is 10.2 Å². The lowest BCUT2D eigenvalue weighted by atomic mass is 10.1. The number of thioether (sulfide) groups is 1. The van der Waals surface area contributed by atoms with E-state index >= 15 is 0 Å². The summed E-state index contributed by atoms with van der Waals surface area (Å²) in [6, 6.07) is 16.1. The minimum absolute atomic E-state index is 0.0120. The van der Waals surface area contributed by atoms with Crippen LogP contribution >= 0.6 is 11.8 Å². The second-order valence-corrected chi connectivity index (χ2v) is 8.18. The molecule has 148 valence electrons. The third-order valence-corrected chi connectivity index (χ3v) is 5.95. The van der Waals surface area contributed by atoms with E-state index < -0.39 is 0 Å². The van der Waals surface area contributed by atoms with Gasteiger partial charge >= 0.3 is 0 Å². The second kappa shape index (κ2) is 10.3. The van der Waals surface area contributed by atoms with E-state index in [1.807, 2.05) is 62.4 Å². The fourth-order valence-electron chi connectivity index (χ4n) is 3.39. The van der Waals surface area contributed by atoms with Crippen molar-refractivity contribution in [3.8, 4) is 0 Å². The van der Waals surface area contributed by atoms with E-state index in [0.717, 1.165) is 40.8 Å². The van der Waals surface area contributed by atoms with E-state index in [1.165, 1.54) is 37.4 Å². The van der Waals surface area contributed by atoms with E-state index in [9.17, 15) is 4.79 Å². The molecule has 0 spiro atoms. The maximum atomic E-state index is 12.6. The molecule has 3 rings (SSSR count). The maximum Gasteiger partial charge on any atom is 0.234 e. The summed E-state index contributed by atoms with van der Waals surface area (Å²) in [5.41, 5.74) is 4.03. The topological polar surface area (TPSA) is 44.7 Å². The molecule has 0 saturated carbocycles. The first-order chi connectivity index (χ1) is 13.6. The molecule has 0 aromatic heterocycles. The number of aryl methyl sites for hydroxylation is 2. The zero-order chi connectivity index (χ0) is 19.8. The number of anilines is 1. The fraction of sp³-hybridized carbons (Fsp3) is 0.391. The normalized spacial score (nSPS) is 15.2. The zero-order valence-electron chi connectivity index (χ0n) is 16.8. The number of amides is 1. The third-order valence-electron chi connectivity index (χ3n) is 4.94. The number of benzene rings is 2. The molecule has 2 aromatic rings. The van der Waals surface area contributed by atoms with Gasteiger partial charge in [-0.05, 0) is 49.9 Å². The van der Waals surface area contributed by atoms with Crippen molar-refractivity contribution in [2.24, 2.45) is 4.99 Å². The van der Waals surface area contributed by atoms with Gasteiger partial charge in [0, 0.05) is 18.8 Å².